The molecule has 0 atom stereocenters. The Kier molecular flexibility index (Phi) is 5.81. The molecule has 0 radical (unpaired) electrons. The van der Waals surface area contributed by atoms with E-state index in [4.69, 9.17) is 14.3 Å². The van der Waals surface area contributed by atoms with E-state index in [0.717, 1.165) is 11.3 Å². The highest BCUT2D eigenvalue weighted by molar-refractivity contribution is 5.89. The van der Waals surface area contributed by atoms with Crippen LogP contribution in [0.5, 0.6) is 0 Å². The fourth-order valence-electron chi connectivity index (χ4n) is 1.75. The van der Waals surface area contributed by atoms with Crippen LogP contribution < -0.4 is 10.6 Å². The van der Waals surface area contributed by atoms with Crippen molar-refractivity contribution >= 4 is 11.7 Å². The first-order valence-electron chi connectivity index (χ1n) is 6.62. The molecule has 2 rings (SSSR count). The molecule has 3 N–H and O–H groups in total. The van der Waals surface area contributed by atoms with Crippen LogP contribution in [0.1, 0.15) is 11.3 Å². The maximum absolute atomic E-state index is 11.5. The third-order valence-corrected chi connectivity index (χ3v) is 2.68. The van der Waals surface area contributed by atoms with Crippen LogP contribution in [0.2, 0.25) is 0 Å². The number of hydrogen-bond acceptors (Lipinski definition) is 4. The van der Waals surface area contributed by atoms with Gasteiger partial charge >= 0.3 is 6.03 Å². The number of urea groups is 1. The Morgan fingerprint density at radius 1 is 1.24 bits per heavy atom. The van der Waals surface area contributed by atoms with Gasteiger partial charge in [-0.25, -0.2) is 4.79 Å². The smallest absolute Gasteiger partial charge is 0.319 e. The average molecular weight is 290 g/mol. The van der Waals surface area contributed by atoms with Gasteiger partial charge in [-0.2, -0.15) is 0 Å². The summed E-state index contributed by atoms with van der Waals surface area (Å²) in [4.78, 5) is 11.5. The van der Waals surface area contributed by atoms with E-state index in [1.165, 1.54) is 0 Å². The van der Waals surface area contributed by atoms with Crippen molar-refractivity contribution in [3.8, 4) is 0 Å². The number of carbonyl (C=O) groups is 1. The quantitative estimate of drug-likeness (QED) is 0.729. The molecular weight excluding hydrogens is 272 g/mol. The van der Waals surface area contributed by atoms with Crippen molar-refractivity contribution in [2.75, 3.05) is 18.5 Å². The number of ether oxygens (including phenoxy) is 1. The maximum Gasteiger partial charge on any atom is 0.319 e. The molecule has 0 fully saturated rings. The van der Waals surface area contributed by atoms with E-state index in [1.807, 2.05) is 30.3 Å². The number of furan rings is 1. The maximum atomic E-state index is 11.5. The summed E-state index contributed by atoms with van der Waals surface area (Å²) in [6, 6.07) is 10.7. The van der Waals surface area contributed by atoms with E-state index in [2.05, 4.69) is 10.6 Å². The molecule has 0 aliphatic heterocycles. The first-order chi connectivity index (χ1) is 10.3. The van der Waals surface area contributed by atoms with Gasteiger partial charge in [-0.05, 0) is 29.8 Å². The van der Waals surface area contributed by atoms with Gasteiger partial charge in [-0.15, -0.1) is 0 Å². The molecular formula is C15H18N2O4. The van der Waals surface area contributed by atoms with Crippen molar-refractivity contribution in [2.45, 2.75) is 13.2 Å². The number of hydrogen-bond donors (Lipinski definition) is 3. The van der Waals surface area contributed by atoms with Crippen molar-refractivity contribution in [3.05, 3.63) is 54.0 Å². The van der Waals surface area contributed by atoms with E-state index in [0.29, 0.717) is 18.9 Å². The van der Waals surface area contributed by atoms with E-state index in [9.17, 15) is 4.79 Å². The molecule has 1 aromatic carbocycles. The molecule has 0 unspecified atom stereocenters. The number of rotatable bonds is 7. The van der Waals surface area contributed by atoms with Gasteiger partial charge in [0.15, 0.2) is 0 Å². The predicted octanol–water partition coefficient (Wildman–Crippen LogP) is 2.11. The van der Waals surface area contributed by atoms with Gasteiger partial charge in [-0.1, -0.05) is 12.1 Å². The summed E-state index contributed by atoms with van der Waals surface area (Å²) in [5, 5.41) is 13.8. The lowest BCUT2D eigenvalue weighted by atomic mass is 10.2. The molecule has 6 nitrogen and oxygen atoms in total. The minimum Gasteiger partial charge on any atom is -0.467 e. The number of amides is 2. The third kappa shape index (κ3) is 5.29. The Balaban J connectivity index is 1.81. The molecule has 0 saturated carbocycles. The molecule has 0 aliphatic carbocycles. The fourth-order valence-corrected chi connectivity index (χ4v) is 1.75. The zero-order valence-corrected chi connectivity index (χ0v) is 11.5. The van der Waals surface area contributed by atoms with Crippen LogP contribution in [0.15, 0.2) is 47.1 Å². The van der Waals surface area contributed by atoms with Crippen molar-refractivity contribution in [1.29, 1.82) is 0 Å². The average Bonchev–Trinajstić information content (AvgIpc) is 2.99. The Labute approximate surface area is 122 Å². The number of nitrogens with one attached hydrogen (secondary N) is 2. The Hall–Kier alpha value is -2.31. The zero-order valence-electron chi connectivity index (χ0n) is 11.5. The lowest BCUT2D eigenvalue weighted by molar-refractivity contribution is 0.0930. The second kappa shape index (κ2) is 8.08. The lowest BCUT2D eigenvalue weighted by Gasteiger charge is -2.08. The summed E-state index contributed by atoms with van der Waals surface area (Å²) in [5.74, 6) is 0.771. The van der Waals surface area contributed by atoms with Crippen molar-refractivity contribution in [3.63, 3.8) is 0 Å². The number of carbonyl (C=O) groups excluding carboxylic acids is 1. The monoisotopic (exact) mass is 290 g/mol. The molecule has 112 valence electrons. The molecule has 0 spiro atoms. The molecule has 0 bridgehead atoms. The second-order valence-corrected chi connectivity index (χ2v) is 4.38. The Morgan fingerprint density at radius 3 is 2.90 bits per heavy atom. The van der Waals surface area contributed by atoms with Gasteiger partial charge in [0.1, 0.15) is 12.4 Å². The van der Waals surface area contributed by atoms with E-state index in [1.54, 1.807) is 12.3 Å². The van der Waals surface area contributed by atoms with Crippen LogP contribution in [0.4, 0.5) is 10.5 Å². The summed E-state index contributed by atoms with van der Waals surface area (Å²) in [6.07, 6.45) is 1.61. The third-order valence-electron chi connectivity index (χ3n) is 2.68. The minimum absolute atomic E-state index is 0.0892. The van der Waals surface area contributed by atoms with Crippen LogP contribution in [0.3, 0.4) is 0 Å². The predicted molar refractivity (Wildman–Crippen MR) is 77.8 cm³/mol. The zero-order chi connectivity index (χ0) is 14.9. The minimum atomic E-state index is -0.349. The highest BCUT2D eigenvalue weighted by atomic mass is 16.5. The summed E-state index contributed by atoms with van der Waals surface area (Å²) in [7, 11) is 0. The standard InChI is InChI=1S/C15H18N2O4/c18-7-6-16-15(19)17-13-4-1-3-12(9-13)10-20-11-14-5-2-8-21-14/h1-5,8-9,18H,6-7,10-11H2,(H2,16,17,19). The number of anilines is 1. The topological polar surface area (TPSA) is 83.7 Å². The van der Waals surface area contributed by atoms with Crippen LogP contribution >= 0.6 is 0 Å². The van der Waals surface area contributed by atoms with Crippen LogP contribution in [0, 0.1) is 0 Å². The van der Waals surface area contributed by atoms with E-state index >= 15 is 0 Å². The van der Waals surface area contributed by atoms with Gasteiger partial charge in [0.25, 0.3) is 0 Å². The number of aliphatic hydroxyl groups excluding tert-OH is 1. The summed E-state index contributed by atoms with van der Waals surface area (Å²) in [6.45, 7) is 0.960. The normalized spacial score (nSPS) is 10.3. The van der Waals surface area contributed by atoms with Crippen molar-refractivity contribution < 1.29 is 19.1 Å². The van der Waals surface area contributed by atoms with Gasteiger partial charge in [0.05, 0.1) is 19.5 Å². The molecule has 1 aromatic heterocycles. The first kappa shape index (κ1) is 15.1. The SMILES string of the molecule is O=C(NCCO)Nc1cccc(COCc2ccco2)c1. The molecule has 0 aliphatic rings. The Morgan fingerprint density at radius 2 is 2.14 bits per heavy atom. The fraction of sp³-hybridized carbons (Fsp3) is 0.267. The summed E-state index contributed by atoms with van der Waals surface area (Å²) >= 11 is 0. The number of aliphatic hydroxyl groups is 1. The molecule has 2 amide bonds. The summed E-state index contributed by atoms with van der Waals surface area (Å²) < 4.78 is 10.7. The van der Waals surface area contributed by atoms with Gasteiger partial charge in [0.2, 0.25) is 0 Å². The first-order valence-corrected chi connectivity index (χ1v) is 6.62. The van der Waals surface area contributed by atoms with Crippen LogP contribution in [-0.4, -0.2) is 24.3 Å². The van der Waals surface area contributed by atoms with Gasteiger partial charge in [-0.3, -0.25) is 0 Å². The van der Waals surface area contributed by atoms with Crippen LogP contribution in [-0.2, 0) is 18.0 Å². The highest BCUT2D eigenvalue weighted by Gasteiger charge is 2.02. The largest absolute Gasteiger partial charge is 0.467 e. The van der Waals surface area contributed by atoms with E-state index in [-0.39, 0.29) is 19.2 Å². The molecule has 2 aromatic rings. The van der Waals surface area contributed by atoms with Gasteiger partial charge < -0.3 is 24.9 Å². The van der Waals surface area contributed by atoms with E-state index < -0.39 is 0 Å². The van der Waals surface area contributed by atoms with Gasteiger partial charge in [0, 0.05) is 12.2 Å². The highest BCUT2D eigenvalue weighted by Crippen LogP contribution is 2.12. The second-order valence-electron chi connectivity index (χ2n) is 4.38. The Bertz CT molecular complexity index is 555. The van der Waals surface area contributed by atoms with Crippen LogP contribution in [0.25, 0.3) is 0 Å². The molecule has 21 heavy (non-hydrogen) atoms. The van der Waals surface area contributed by atoms with Crippen molar-refractivity contribution in [2.24, 2.45) is 0 Å². The summed E-state index contributed by atoms with van der Waals surface area (Å²) in [5.41, 5.74) is 1.62. The molecule has 0 saturated heterocycles. The number of benzene rings is 1. The molecule has 6 heteroatoms. The molecule has 1 heterocycles. The van der Waals surface area contributed by atoms with Crippen molar-refractivity contribution in [1.82, 2.24) is 5.32 Å². The lowest BCUT2D eigenvalue weighted by Crippen LogP contribution is -2.30.